The Morgan fingerprint density at radius 3 is 2.48 bits per heavy atom. The molecule has 130 valence electrons. The van der Waals surface area contributed by atoms with Crippen molar-refractivity contribution in [2.45, 2.75) is 0 Å². The molecule has 0 saturated heterocycles. The Hall–Kier alpha value is -2.02. The summed E-state index contributed by atoms with van der Waals surface area (Å²) < 4.78 is 6.08. The summed E-state index contributed by atoms with van der Waals surface area (Å²) >= 11 is 15.0. The molecule has 0 saturated carbocycles. The van der Waals surface area contributed by atoms with Gasteiger partial charge in [-0.2, -0.15) is 0 Å². The van der Waals surface area contributed by atoms with E-state index in [0.717, 1.165) is 10.0 Å². The van der Waals surface area contributed by atoms with E-state index in [4.69, 9.17) is 27.9 Å². The third-order valence-corrected chi connectivity index (χ3v) is 3.92. The van der Waals surface area contributed by atoms with Gasteiger partial charge in [0.05, 0.1) is 5.02 Å². The Bertz CT molecular complexity index is 795. The Kier molecular flexibility index (Phi) is 7.31. The van der Waals surface area contributed by atoms with Gasteiger partial charge in [-0.1, -0.05) is 51.3 Å². The van der Waals surface area contributed by atoms with E-state index in [-0.39, 0.29) is 6.61 Å². The molecule has 2 aromatic rings. The monoisotopic (exact) mass is 442 g/mol. The molecule has 0 fully saturated rings. The molecule has 0 bridgehead atoms. The summed E-state index contributed by atoms with van der Waals surface area (Å²) in [5.41, 5.74) is 5.30. The van der Waals surface area contributed by atoms with Crippen molar-refractivity contribution in [3.63, 3.8) is 0 Å². The predicted octanol–water partition coefficient (Wildman–Crippen LogP) is 4.00. The molecule has 2 N–H and O–H groups in total. The molecule has 0 aromatic heterocycles. The molecule has 2 rings (SSSR count). The lowest BCUT2D eigenvalue weighted by molar-refractivity contribution is -0.128. The minimum absolute atomic E-state index is 0.289. The van der Waals surface area contributed by atoms with Crippen molar-refractivity contribution in [2.24, 2.45) is 0 Å². The largest absolute Gasteiger partial charge is 0.482 e. The van der Waals surface area contributed by atoms with Crippen LogP contribution in [-0.4, -0.2) is 18.4 Å². The van der Waals surface area contributed by atoms with Gasteiger partial charge in [0.1, 0.15) is 5.75 Å². The molecule has 8 heteroatoms. The first kappa shape index (κ1) is 19.3. The van der Waals surface area contributed by atoms with Crippen LogP contribution in [0.3, 0.4) is 0 Å². The Balaban J connectivity index is 1.75. The number of hydrogen-bond donors (Lipinski definition) is 2. The summed E-state index contributed by atoms with van der Waals surface area (Å²) in [6.45, 7) is -0.289. The van der Waals surface area contributed by atoms with Gasteiger partial charge in [-0.3, -0.25) is 20.4 Å². The fourth-order valence-corrected chi connectivity index (χ4v) is 2.54. The fraction of sp³-hybridized carbons (Fsp3) is 0.0588. The number of carbonyl (C=O) groups is 2. The van der Waals surface area contributed by atoms with Gasteiger partial charge in [-0.15, -0.1) is 0 Å². The zero-order valence-electron chi connectivity index (χ0n) is 12.8. The Morgan fingerprint density at radius 1 is 1.08 bits per heavy atom. The molecular formula is C17H13BrCl2N2O3. The molecule has 0 atom stereocenters. The average Bonchev–Trinajstić information content (AvgIpc) is 2.58. The molecule has 2 aromatic carbocycles. The van der Waals surface area contributed by atoms with Gasteiger partial charge in [-0.25, -0.2) is 0 Å². The maximum atomic E-state index is 11.7. The van der Waals surface area contributed by atoms with Gasteiger partial charge < -0.3 is 4.74 Å². The van der Waals surface area contributed by atoms with Gasteiger partial charge in [0.25, 0.3) is 11.8 Å². The number of benzene rings is 2. The highest BCUT2D eigenvalue weighted by Gasteiger charge is 2.07. The molecule has 5 nitrogen and oxygen atoms in total. The van der Waals surface area contributed by atoms with Gasteiger partial charge in [-0.05, 0) is 42.0 Å². The van der Waals surface area contributed by atoms with Crippen molar-refractivity contribution in [2.75, 3.05) is 6.61 Å². The van der Waals surface area contributed by atoms with Gasteiger partial charge in [0.15, 0.2) is 6.61 Å². The van der Waals surface area contributed by atoms with E-state index >= 15 is 0 Å². The molecule has 0 aliphatic carbocycles. The molecule has 0 radical (unpaired) electrons. The molecule has 0 aliphatic rings. The lowest BCUT2D eigenvalue weighted by atomic mass is 10.2. The Labute approximate surface area is 163 Å². The number of ether oxygens (including phenoxy) is 1. The normalized spacial score (nSPS) is 10.5. The second-order valence-corrected chi connectivity index (χ2v) is 6.55. The van der Waals surface area contributed by atoms with Crippen LogP contribution in [0.25, 0.3) is 6.08 Å². The van der Waals surface area contributed by atoms with Crippen LogP contribution >= 0.6 is 39.1 Å². The van der Waals surface area contributed by atoms with Crippen LogP contribution in [-0.2, 0) is 9.59 Å². The van der Waals surface area contributed by atoms with Crippen molar-refractivity contribution in [3.8, 4) is 5.75 Å². The lowest BCUT2D eigenvalue weighted by Gasteiger charge is -2.09. The molecule has 2 amide bonds. The van der Waals surface area contributed by atoms with Crippen molar-refractivity contribution in [1.82, 2.24) is 10.9 Å². The number of carbonyl (C=O) groups excluding carboxylic acids is 2. The number of rotatable bonds is 5. The van der Waals surface area contributed by atoms with Crippen molar-refractivity contribution in [1.29, 1.82) is 0 Å². The summed E-state index contributed by atoms with van der Waals surface area (Å²) in [5.74, 6) is -0.633. The van der Waals surface area contributed by atoms with Crippen LogP contribution in [0.1, 0.15) is 5.56 Å². The third kappa shape index (κ3) is 6.78. The minimum atomic E-state index is -0.521. The van der Waals surface area contributed by atoms with E-state index in [0.29, 0.717) is 15.8 Å². The highest BCUT2D eigenvalue weighted by Crippen LogP contribution is 2.27. The topological polar surface area (TPSA) is 67.4 Å². The van der Waals surface area contributed by atoms with E-state index in [1.54, 1.807) is 48.5 Å². The highest BCUT2D eigenvalue weighted by atomic mass is 79.9. The minimum Gasteiger partial charge on any atom is -0.482 e. The average molecular weight is 444 g/mol. The summed E-state index contributed by atoms with van der Waals surface area (Å²) in [7, 11) is 0. The van der Waals surface area contributed by atoms with Crippen molar-refractivity contribution in [3.05, 3.63) is 68.6 Å². The number of hydrazine groups is 1. The Morgan fingerprint density at radius 2 is 1.80 bits per heavy atom. The maximum absolute atomic E-state index is 11.7. The number of amides is 2. The standard InChI is InChI=1S/C17H13BrCl2N2O3/c18-12-4-7-15(14(20)9-12)25-10-17(24)22-21-16(23)8-3-11-1-5-13(19)6-2-11/h1-9H,10H2,(H,21,23)(H,22,24)/b8-3+. The van der Waals surface area contributed by atoms with Crippen LogP contribution in [0.4, 0.5) is 0 Å². The predicted molar refractivity (Wildman–Crippen MR) is 101 cm³/mol. The molecule has 25 heavy (non-hydrogen) atoms. The van der Waals surface area contributed by atoms with E-state index in [9.17, 15) is 9.59 Å². The number of hydrogen-bond acceptors (Lipinski definition) is 3. The quantitative estimate of drug-likeness (QED) is 0.542. The highest BCUT2D eigenvalue weighted by molar-refractivity contribution is 9.10. The number of nitrogens with one attached hydrogen (secondary N) is 2. The van der Waals surface area contributed by atoms with Crippen LogP contribution < -0.4 is 15.6 Å². The van der Waals surface area contributed by atoms with Crippen LogP contribution in [0.15, 0.2) is 53.0 Å². The van der Waals surface area contributed by atoms with Crippen LogP contribution in [0.2, 0.25) is 10.0 Å². The van der Waals surface area contributed by atoms with Gasteiger partial charge >= 0.3 is 0 Å². The van der Waals surface area contributed by atoms with Gasteiger partial charge in [0, 0.05) is 15.6 Å². The molecule has 0 spiro atoms. The van der Waals surface area contributed by atoms with E-state index in [1.165, 1.54) is 6.08 Å². The second-order valence-electron chi connectivity index (χ2n) is 4.79. The first-order valence-corrected chi connectivity index (χ1v) is 8.59. The smallest absolute Gasteiger partial charge is 0.276 e. The zero-order chi connectivity index (χ0) is 18.2. The van der Waals surface area contributed by atoms with Crippen LogP contribution in [0.5, 0.6) is 5.75 Å². The summed E-state index contributed by atoms with van der Waals surface area (Å²) in [5, 5.41) is 0.983. The van der Waals surface area contributed by atoms with E-state index < -0.39 is 11.8 Å². The molecule has 0 aliphatic heterocycles. The molecular weight excluding hydrogens is 431 g/mol. The van der Waals surface area contributed by atoms with E-state index in [2.05, 4.69) is 26.8 Å². The zero-order valence-corrected chi connectivity index (χ0v) is 15.9. The van der Waals surface area contributed by atoms with E-state index in [1.807, 2.05) is 0 Å². The molecule has 0 heterocycles. The second kappa shape index (κ2) is 9.46. The van der Waals surface area contributed by atoms with Crippen LogP contribution in [0, 0.1) is 0 Å². The lowest BCUT2D eigenvalue weighted by Crippen LogP contribution is -2.43. The maximum Gasteiger partial charge on any atom is 0.276 e. The first-order chi connectivity index (χ1) is 11.9. The third-order valence-electron chi connectivity index (χ3n) is 2.87. The number of halogens is 3. The van der Waals surface area contributed by atoms with Crippen molar-refractivity contribution < 1.29 is 14.3 Å². The summed E-state index contributed by atoms with van der Waals surface area (Å²) in [4.78, 5) is 23.3. The van der Waals surface area contributed by atoms with Gasteiger partial charge in [0.2, 0.25) is 0 Å². The van der Waals surface area contributed by atoms with Crippen molar-refractivity contribution >= 4 is 57.0 Å². The SMILES string of the molecule is O=C(/C=C/c1ccc(Cl)cc1)NNC(=O)COc1ccc(Br)cc1Cl. The first-order valence-electron chi connectivity index (χ1n) is 7.04. The molecule has 0 unspecified atom stereocenters. The fourth-order valence-electron chi connectivity index (χ4n) is 1.69. The summed E-state index contributed by atoms with van der Waals surface area (Å²) in [6, 6.07) is 12.0. The summed E-state index contributed by atoms with van der Waals surface area (Å²) in [6.07, 6.45) is 2.88.